The highest BCUT2D eigenvalue weighted by atomic mass is 16.3. The molecule has 0 aromatic heterocycles. The number of hydrogen-bond acceptors (Lipinski definition) is 3. The van der Waals surface area contributed by atoms with Crippen molar-refractivity contribution in [3.8, 4) is 0 Å². The van der Waals surface area contributed by atoms with Crippen molar-refractivity contribution in [2.75, 3.05) is 0 Å². The lowest BCUT2D eigenvalue weighted by atomic mass is 10.2. The second kappa shape index (κ2) is 8.76. The minimum absolute atomic E-state index is 0.448. The SMILES string of the molecule is O=NN(Cc1ccccc1)N(Cc1ccccc1)Cc1ccccc1. The Morgan fingerprint density at radius 3 is 1.28 bits per heavy atom. The van der Waals surface area contributed by atoms with Crippen LogP contribution in [0.2, 0.25) is 0 Å². The number of hydrazine groups is 1. The van der Waals surface area contributed by atoms with E-state index in [-0.39, 0.29) is 0 Å². The maximum absolute atomic E-state index is 11.6. The van der Waals surface area contributed by atoms with E-state index in [0.717, 1.165) is 16.7 Å². The molecule has 25 heavy (non-hydrogen) atoms. The lowest BCUT2D eigenvalue weighted by Gasteiger charge is -2.30. The van der Waals surface area contributed by atoms with Crippen LogP contribution < -0.4 is 0 Å². The van der Waals surface area contributed by atoms with E-state index in [2.05, 4.69) is 29.6 Å². The first-order valence-electron chi connectivity index (χ1n) is 8.32. The fourth-order valence-corrected chi connectivity index (χ4v) is 2.73. The van der Waals surface area contributed by atoms with E-state index in [1.54, 1.807) is 0 Å². The standard InChI is InChI=1S/C21H21N3O/c25-22-24(18-21-14-8-3-9-15-21)23(16-19-10-4-1-5-11-19)17-20-12-6-2-7-13-20/h1-15H,16-18H2. The van der Waals surface area contributed by atoms with Gasteiger partial charge >= 0.3 is 0 Å². The van der Waals surface area contributed by atoms with E-state index in [0.29, 0.717) is 19.6 Å². The molecule has 4 nitrogen and oxygen atoms in total. The zero-order valence-electron chi connectivity index (χ0n) is 14.0. The summed E-state index contributed by atoms with van der Waals surface area (Å²) in [6, 6.07) is 30.1. The summed E-state index contributed by atoms with van der Waals surface area (Å²) in [6.07, 6.45) is 0. The molecule has 0 aliphatic carbocycles. The molecule has 0 unspecified atom stereocenters. The van der Waals surface area contributed by atoms with Gasteiger partial charge in [0.15, 0.2) is 0 Å². The molecular formula is C21H21N3O. The van der Waals surface area contributed by atoms with E-state index in [1.165, 1.54) is 5.12 Å². The third-order valence-corrected chi connectivity index (χ3v) is 4.00. The molecule has 0 heterocycles. The van der Waals surface area contributed by atoms with Gasteiger partial charge in [0.25, 0.3) is 0 Å². The molecule has 0 N–H and O–H groups in total. The summed E-state index contributed by atoms with van der Waals surface area (Å²) in [5.74, 6) is 0. The lowest BCUT2D eigenvalue weighted by molar-refractivity contribution is -0.0498. The molecule has 3 rings (SSSR count). The summed E-state index contributed by atoms with van der Waals surface area (Å²) < 4.78 is 0. The van der Waals surface area contributed by atoms with Crippen molar-refractivity contribution in [2.24, 2.45) is 5.29 Å². The van der Waals surface area contributed by atoms with E-state index < -0.39 is 0 Å². The molecule has 0 saturated carbocycles. The molecule has 0 fully saturated rings. The number of rotatable bonds is 8. The Morgan fingerprint density at radius 2 is 0.920 bits per heavy atom. The van der Waals surface area contributed by atoms with Crippen LogP contribution in [0.3, 0.4) is 0 Å². The van der Waals surface area contributed by atoms with Gasteiger partial charge in [0.1, 0.15) is 0 Å². The number of benzene rings is 3. The van der Waals surface area contributed by atoms with Crippen LogP contribution in [0.25, 0.3) is 0 Å². The lowest BCUT2D eigenvalue weighted by Crippen LogP contribution is -2.37. The minimum Gasteiger partial charge on any atom is -0.193 e. The second-order valence-corrected chi connectivity index (χ2v) is 5.89. The van der Waals surface area contributed by atoms with Gasteiger partial charge in [-0.2, -0.15) is 10.1 Å². The Balaban J connectivity index is 1.81. The van der Waals surface area contributed by atoms with Crippen LogP contribution in [0, 0.1) is 4.91 Å². The molecule has 0 atom stereocenters. The third-order valence-electron chi connectivity index (χ3n) is 4.00. The van der Waals surface area contributed by atoms with Gasteiger partial charge in [-0.1, -0.05) is 91.0 Å². The quantitative estimate of drug-likeness (QED) is 0.440. The zero-order chi connectivity index (χ0) is 17.3. The van der Waals surface area contributed by atoms with Gasteiger partial charge in [-0.05, 0) is 16.7 Å². The van der Waals surface area contributed by atoms with Crippen molar-refractivity contribution >= 4 is 0 Å². The van der Waals surface area contributed by atoms with Crippen LogP contribution in [-0.4, -0.2) is 10.1 Å². The van der Waals surface area contributed by atoms with E-state index in [4.69, 9.17) is 0 Å². The van der Waals surface area contributed by atoms with Crippen molar-refractivity contribution in [3.05, 3.63) is 113 Å². The molecule has 0 radical (unpaired) electrons. The first-order valence-corrected chi connectivity index (χ1v) is 8.32. The Labute approximate surface area is 148 Å². The molecule has 0 aliphatic heterocycles. The van der Waals surface area contributed by atoms with Crippen molar-refractivity contribution in [3.63, 3.8) is 0 Å². The van der Waals surface area contributed by atoms with E-state index in [1.807, 2.05) is 71.7 Å². The van der Waals surface area contributed by atoms with Crippen molar-refractivity contribution < 1.29 is 0 Å². The molecule has 0 saturated heterocycles. The van der Waals surface area contributed by atoms with E-state index in [9.17, 15) is 4.91 Å². The van der Waals surface area contributed by atoms with Crippen molar-refractivity contribution in [1.82, 2.24) is 10.1 Å². The van der Waals surface area contributed by atoms with Gasteiger partial charge in [-0.25, -0.2) is 0 Å². The predicted octanol–water partition coefficient (Wildman–Crippen LogP) is 4.79. The molecule has 0 spiro atoms. The average molecular weight is 331 g/mol. The largest absolute Gasteiger partial charge is 0.193 e. The zero-order valence-corrected chi connectivity index (χ0v) is 14.0. The maximum Gasteiger partial charge on any atom is 0.0818 e. The Hall–Kier alpha value is -2.98. The normalized spacial score (nSPS) is 10.6. The maximum atomic E-state index is 11.6. The summed E-state index contributed by atoms with van der Waals surface area (Å²) in [7, 11) is 0. The molecule has 0 aliphatic rings. The van der Waals surface area contributed by atoms with Gasteiger partial charge in [0, 0.05) is 13.1 Å². The van der Waals surface area contributed by atoms with Crippen LogP contribution in [0.5, 0.6) is 0 Å². The predicted molar refractivity (Wildman–Crippen MR) is 99.9 cm³/mol. The average Bonchev–Trinajstić information content (AvgIpc) is 2.68. The summed E-state index contributed by atoms with van der Waals surface area (Å²) in [6.45, 7) is 1.69. The molecular weight excluding hydrogens is 310 g/mol. The molecule has 3 aromatic rings. The van der Waals surface area contributed by atoms with Crippen LogP contribution in [0.4, 0.5) is 0 Å². The highest BCUT2D eigenvalue weighted by Crippen LogP contribution is 2.16. The van der Waals surface area contributed by atoms with Crippen molar-refractivity contribution in [2.45, 2.75) is 19.6 Å². The van der Waals surface area contributed by atoms with Crippen LogP contribution in [0.1, 0.15) is 16.7 Å². The molecule has 3 aromatic carbocycles. The summed E-state index contributed by atoms with van der Waals surface area (Å²) in [5, 5.41) is 6.77. The Kier molecular flexibility index (Phi) is 5.91. The van der Waals surface area contributed by atoms with Crippen LogP contribution in [-0.2, 0) is 19.6 Å². The highest BCUT2D eigenvalue weighted by Gasteiger charge is 2.16. The van der Waals surface area contributed by atoms with Gasteiger partial charge in [-0.15, -0.1) is 4.91 Å². The smallest absolute Gasteiger partial charge is 0.0818 e. The van der Waals surface area contributed by atoms with Crippen molar-refractivity contribution in [1.29, 1.82) is 0 Å². The Morgan fingerprint density at radius 1 is 0.560 bits per heavy atom. The Bertz CT molecular complexity index is 721. The fraction of sp³-hybridized carbons (Fsp3) is 0.143. The molecule has 126 valence electrons. The number of hydrogen-bond donors (Lipinski definition) is 0. The highest BCUT2D eigenvalue weighted by molar-refractivity contribution is 5.17. The molecule has 4 heteroatoms. The summed E-state index contributed by atoms with van der Waals surface area (Å²) >= 11 is 0. The first kappa shape index (κ1) is 16.9. The van der Waals surface area contributed by atoms with Gasteiger partial charge in [0.2, 0.25) is 0 Å². The number of nitroso groups, excluding NO2 is 1. The van der Waals surface area contributed by atoms with E-state index >= 15 is 0 Å². The van der Waals surface area contributed by atoms with Gasteiger partial charge in [0.05, 0.1) is 11.8 Å². The van der Waals surface area contributed by atoms with Crippen LogP contribution in [0.15, 0.2) is 96.3 Å². The second-order valence-electron chi connectivity index (χ2n) is 5.89. The van der Waals surface area contributed by atoms with Crippen LogP contribution >= 0.6 is 0 Å². The topological polar surface area (TPSA) is 35.9 Å². The van der Waals surface area contributed by atoms with Gasteiger partial charge in [-0.3, -0.25) is 0 Å². The summed E-state index contributed by atoms with van der Waals surface area (Å²) in [4.78, 5) is 11.6. The monoisotopic (exact) mass is 331 g/mol. The first-order chi connectivity index (χ1) is 12.3. The molecule has 0 amide bonds. The molecule has 0 bridgehead atoms. The fourth-order valence-electron chi connectivity index (χ4n) is 2.73. The summed E-state index contributed by atoms with van der Waals surface area (Å²) in [5.41, 5.74) is 3.33. The van der Waals surface area contributed by atoms with Gasteiger partial charge < -0.3 is 0 Å². The third kappa shape index (κ3) is 4.99. The number of nitrogens with zero attached hydrogens (tertiary/aromatic N) is 3. The minimum atomic E-state index is 0.448.